The standard InChI is InChI=1S/C32H48F2O4/c1-3-5-29(33)31(35)37-27-19-15-25(16-20-27)13-11-23-7-9-24(10-8-23)12-14-26-17-21-28(22-18-26)38-32(36)30(34)6-4-2/h7-10,25-30H,3-6,11-22H2,1-2H3/t25-,26-,27-,28-,29-,30-/m1/s1. The van der Waals surface area contributed by atoms with Crippen molar-refractivity contribution >= 4 is 11.9 Å². The molecule has 0 spiro atoms. The SMILES string of the molecule is CCC[C@@H](F)C(=O)O[C@H]1CC[C@H](CCc2ccc(CC[C@H]3CC[C@H](OC(=O)[C@H](F)CCC)CC3)cc2)CC1. The zero-order chi connectivity index (χ0) is 27.3. The monoisotopic (exact) mass is 534 g/mol. The van der Waals surface area contributed by atoms with E-state index in [0.29, 0.717) is 24.7 Å². The molecule has 0 unspecified atom stereocenters. The quantitative estimate of drug-likeness (QED) is 0.227. The summed E-state index contributed by atoms with van der Waals surface area (Å²) in [5.41, 5.74) is 2.72. The number of alkyl halides is 2. The predicted molar refractivity (Wildman–Crippen MR) is 146 cm³/mol. The molecule has 0 bridgehead atoms. The van der Waals surface area contributed by atoms with Gasteiger partial charge in [0.25, 0.3) is 0 Å². The average Bonchev–Trinajstić information content (AvgIpc) is 2.93. The Morgan fingerprint density at radius 3 is 1.34 bits per heavy atom. The number of esters is 2. The molecule has 0 aromatic heterocycles. The Hall–Kier alpha value is -1.98. The lowest BCUT2D eigenvalue weighted by Gasteiger charge is -2.29. The van der Waals surface area contributed by atoms with Crippen LogP contribution in [0.5, 0.6) is 0 Å². The van der Waals surface area contributed by atoms with E-state index in [1.807, 2.05) is 13.8 Å². The molecule has 38 heavy (non-hydrogen) atoms. The zero-order valence-electron chi connectivity index (χ0n) is 23.5. The molecule has 0 saturated heterocycles. The van der Waals surface area contributed by atoms with Crippen molar-refractivity contribution in [3.8, 4) is 0 Å². The van der Waals surface area contributed by atoms with Crippen LogP contribution in [0.25, 0.3) is 0 Å². The Kier molecular flexibility index (Phi) is 13.0. The van der Waals surface area contributed by atoms with Crippen molar-refractivity contribution < 1.29 is 27.8 Å². The highest BCUT2D eigenvalue weighted by Gasteiger charge is 2.28. The smallest absolute Gasteiger partial charge is 0.340 e. The van der Waals surface area contributed by atoms with E-state index in [0.717, 1.165) is 77.0 Å². The first-order valence-corrected chi connectivity index (χ1v) is 15.1. The second-order valence-electron chi connectivity index (χ2n) is 11.6. The highest BCUT2D eigenvalue weighted by Crippen LogP contribution is 2.31. The number of hydrogen-bond donors (Lipinski definition) is 0. The summed E-state index contributed by atoms with van der Waals surface area (Å²) in [7, 11) is 0. The third-order valence-electron chi connectivity index (χ3n) is 8.45. The lowest BCUT2D eigenvalue weighted by molar-refractivity contribution is -0.158. The van der Waals surface area contributed by atoms with Gasteiger partial charge in [0, 0.05) is 0 Å². The molecule has 2 saturated carbocycles. The number of carbonyl (C=O) groups excluding carboxylic acids is 2. The van der Waals surface area contributed by atoms with Crippen LogP contribution in [-0.2, 0) is 31.9 Å². The van der Waals surface area contributed by atoms with Crippen LogP contribution in [-0.4, -0.2) is 36.5 Å². The van der Waals surface area contributed by atoms with E-state index in [2.05, 4.69) is 24.3 Å². The van der Waals surface area contributed by atoms with Crippen LogP contribution in [0.15, 0.2) is 24.3 Å². The number of rotatable bonds is 14. The van der Waals surface area contributed by atoms with Gasteiger partial charge in [0.1, 0.15) is 12.2 Å². The molecule has 6 heteroatoms. The van der Waals surface area contributed by atoms with Crippen molar-refractivity contribution in [3.05, 3.63) is 35.4 Å². The molecule has 2 atom stereocenters. The normalized spacial score (nSPS) is 25.4. The maximum atomic E-state index is 13.7. The second kappa shape index (κ2) is 16.2. The topological polar surface area (TPSA) is 52.6 Å². The van der Waals surface area contributed by atoms with E-state index >= 15 is 0 Å². The number of halogens is 2. The van der Waals surface area contributed by atoms with Gasteiger partial charge in [-0.1, -0.05) is 51.0 Å². The van der Waals surface area contributed by atoms with E-state index < -0.39 is 24.3 Å². The molecule has 2 aliphatic rings. The van der Waals surface area contributed by atoms with Gasteiger partial charge in [0.15, 0.2) is 12.3 Å². The summed E-state index contributed by atoms with van der Waals surface area (Å²) in [5.74, 6) is -0.0816. The molecule has 214 valence electrons. The van der Waals surface area contributed by atoms with E-state index in [-0.39, 0.29) is 25.0 Å². The Balaban J connectivity index is 1.28. The van der Waals surface area contributed by atoms with E-state index in [1.165, 1.54) is 11.1 Å². The Labute approximate surface area is 228 Å². The highest BCUT2D eigenvalue weighted by molar-refractivity contribution is 5.75. The third-order valence-corrected chi connectivity index (χ3v) is 8.45. The molecule has 0 aliphatic heterocycles. The molecule has 0 heterocycles. The Morgan fingerprint density at radius 2 is 1.03 bits per heavy atom. The molecular weight excluding hydrogens is 486 g/mol. The van der Waals surface area contributed by atoms with Crippen molar-refractivity contribution in [1.29, 1.82) is 0 Å². The minimum atomic E-state index is -1.48. The molecule has 0 radical (unpaired) electrons. The van der Waals surface area contributed by atoms with Gasteiger partial charge in [-0.2, -0.15) is 0 Å². The number of ether oxygens (including phenoxy) is 2. The van der Waals surface area contributed by atoms with Crippen LogP contribution >= 0.6 is 0 Å². The molecule has 4 nitrogen and oxygen atoms in total. The zero-order valence-corrected chi connectivity index (χ0v) is 23.5. The molecule has 1 aromatic carbocycles. The molecule has 2 aliphatic carbocycles. The Morgan fingerprint density at radius 1 is 0.684 bits per heavy atom. The Bertz CT molecular complexity index is 757. The van der Waals surface area contributed by atoms with Gasteiger partial charge in [-0.3, -0.25) is 0 Å². The first-order valence-electron chi connectivity index (χ1n) is 15.1. The van der Waals surface area contributed by atoms with Crippen LogP contribution in [0.4, 0.5) is 8.78 Å². The average molecular weight is 535 g/mol. The van der Waals surface area contributed by atoms with E-state index in [4.69, 9.17) is 9.47 Å². The van der Waals surface area contributed by atoms with Gasteiger partial charge in [-0.05, 0) is 113 Å². The van der Waals surface area contributed by atoms with Crippen LogP contribution in [0.1, 0.15) is 115 Å². The van der Waals surface area contributed by atoms with Crippen LogP contribution in [0.3, 0.4) is 0 Å². The first-order chi connectivity index (χ1) is 18.4. The maximum absolute atomic E-state index is 13.7. The van der Waals surface area contributed by atoms with Gasteiger partial charge in [-0.15, -0.1) is 0 Å². The van der Waals surface area contributed by atoms with Gasteiger partial charge in [0.05, 0.1) is 0 Å². The summed E-state index contributed by atoms with van der Waals surface area (Å²) in [6.07, 6.45) is 10.5. The summed E-state index contributed by atoms with van der Waals surface area (Å²) >= 11 is 0. The van der Waals surface area contributed by atoms with Crippen molar-refractivity contribution in [2.45, 2.75) is 141 Å². The fourth-order valence-electron chi connectivity index (χ4n) is 5.91. The fraction of sp³-hybridized carbons (Fsp3) is 0.750. The van der Waals surface area contributed by atoms with Crippen LogP contribution in [0.2, 0.25) is 0 Å². The number of carbonyl (C=O) groups is 2. The number of benzene rings is 1. The van der Waals surface area contributed by atoms with Gasteiger partial charge < -0.3 is 9.47 Å². The summed E-state index contributed by atoms with van der Waals surface area (Å²) in [5, 5.41) is 0. The lowest BCUT2D eigenvalue weighted by atomic mass is 9.83. The minimum absolute atomic E-state index is 0.119. The van der Waals surface area contributed by atoms with E-state index in [1.54, 1.807) is 0 Å². The lowest BCUT2D eigenvalue weighted by Crippen LogP contribution is -2.29. The predicted octanol–water partition coefficient (Wildman–Crippen LogP) is 8.03. The van der Waals surface area contributed by atoms with Crippen LogP contribution < -0.4 is 0 Å². The molecule has 3 rings (SSSR count). The maximum Gasteiger partial charge on any atom is 0.340 e. The third kappa shape index (κ3) is 10.3. The summed E-state index contributed by atoms with van der Waals surface area (Å²) < 4.78 is 38.2. The largest absolute Gasteiger partial charge is 0.460 e. The fourth-order valence-corrected chi connectivity index (χ4v) is 5.91. The summed E-state index contributed by atoms with van der Waals surface area (Å²) in [6, 6.07) is 8.99. The van der Waals surface area contributed by atoms with Crippen molar-refractivity contribution in [3.63, 3.8) is 0 Å². The minimum Gasteiger partial charge on any atom is -0.460 e. The number of aryl methyl sites for hydroxylation is 2. The van der Waals surface area contributed by atoms with Crippen molar-refractivity contribution in [2.75, 3.05) is 0 Å². The summed E-state index contributed by atoms with van der Waals surface area (Å²) in [4.78, 5) is 23.6. The molecule has 0 amide bonds. The van der Waals surface area contributed by atoms with Crippen molar-refractivity contribution in [2.24, 2.45) is 11.8 Å². The van der Waals surface area contributed by atoms with Crippen LogP contribution in [0, 0.1) is 11.8 Å². The molecular formula is C32H48F2O4. The number of hydrogen-bond acceptors (Lipinski definition) is 4. The highest BCUT2D eigenvalue weighted by atomic mass is 19.1. The van der Waals surface area contributed by atoms with Crippen molar-refractivity contribution in [1.82, 2.24) is 0 Å². The molecule has 1 aromatic rings. The first kappa shape index (κ1) is 30.6. The van der Waals surface area contributed by atoms with E-state index in [9.17, 15) is 18.4 Å². The molecule has 2 fully saturated rings. The van der Waals surface area contributed by atoms with Gasteiger partial charge in [-0.25, -0.2) is 18.4 Å². The molecule has 0 N–H and O–H groups in total. The van der Waals surface area contributed by atoms with Gasteiger partial charge >= 0.3 is 11.9 Å². The second-order valence-corrected chi connectivity index (χ2v) is 11.6. The van der Waals surface area contributed by atoms with Gasteiger partial charge in [0.2, 0.25) is 0 Å². The summed E-state index contributed by atoms with van der Waals surface area (Å²) in [6.45, 7) is 3.74.